The van der Waals surface area contributed by atoms with Crippen LogP contribution < -0.4 is 14.8 Å². The molecule has 0 radical (unpaired) electrons. The van der Waals surface area contributed by atoms with Crippen LogP contribution in [0.1, 0.15) is 22.7 Å². The van der Waals surface area contributed by atoms with E-state index in [4.69, 9.17) is 9.47 Å². The number of hydrogen-bond acceptors (Lipinski definition) is 3. The summed E-state index contributed by atoms with van der Waals surface area (Å²) in [5.74, 6) is 1.44. The van der Waals surface area contributed by atoms with Crippen molar-refractivity contribution >= 4 is 15.9 Å². The van der Waals surface area contributed by atoms with Crippen LogP contribution in [-0.4, -0.2) is 21.3 Å². The standard InChI is InChI=1S/C17H20BrNO2/c1-11-5-7-12(8-6-11)17(19-2)13-9-15(20-3)16(21-4)10-14(13)18/h5-10,17,19H,1-4H3. The van der Waals surface area contributed by atoms with Crippen molar-refractivity contribution in [2.45, 2.75) is 13.0 Å². The Morgan fingerprint density at radius 1 is 1.00 bits per heavy atom. The van der Waals surface area contributed by atoms with Crippen LogP contribution >= 0.6 is 15.9 Å². The van der Waals surface area contributed by atoms with Gasteiger partial charge in [-0.05, 0) is 37.2 Å². The smallest absolute Gasteiger partial charge is 0.161 e. The Balaban J connectivity index is 2.49. The number of aryl methyl sites for hydroxylation is 1. The molecule has 0 aromatic heterocycles. The second-order valence-corrected chi connectivity index (χ2v) is 5.72. The van der Waals surface area contributed by atoms with Crippen LogP contribution in [0.5, 0.6) is 11.5 Å². The van der Waals surface area contributed by atoms with Gasteiger partial charge in [0.05, 0.1) is 20.3 Å². The van der Waals surface area contributed by atoms with Crippen LogP contribution in [0.15, 0.2) is 40.9 Å². The van der Waals surface area contributed by atoms with Crippen molar-refractivity contribution in [3.8, 4) is 11.5 Å². The molecular weight excluding hydrogens is 330 g/mol. The summed E-state index contributed by atoms with van der Waals surface area (Å²) < 4.78 is 11.7. The van der Waals surface area contributed by atoms with Crippen LogP contribution in [0.25, 0.3) is 0 Å². The molecule has 2 rings (SSSR count). The molecule has 1 unspecified atom stereocenters. The highest BCUT2D eigenvalue weighted by Gasteiger charge is 2.18. The summed E-state index contributed by atoms with van der Waals surface area (Å²) in [5.41, 5.74) is 3.56. The molecule has 0 aliphatic rings. The number of methoxy groups -OCH3 is 2. The highest BCUT2D eigenvalue weighted by atomic mass is 79.9. The van der Waals surface area contributed by atoms with Crippen LogP contribution in [0.2, 0.25) is 0 Å². The molecule has 0 saturated heterocycles. The summed E-state index contributed by atoms with van der Waals surface area (Å²) in [6.07, 6.45) is 0. The van der Waals surface area contributed by atoms with Gasteiger partial charge >= 0.3 is 0 Å². The van der Waals surface area contributed by atoms with E-state index in [0.717, 1.165) is 15.8 Å². The van der Waals surface area contributed by atoms with Gasteiger partial charge in [-0.1, -0.05) is 45.8 Å². The minimum absolute atomic E-state index is 0.0831. The molecule has 0 aliphatic heterocycles. The first-order chi connectivity index (χ1) is 10.1. The van der Waals surface area contributed by atoms with E-state index in [1.54, 1.807) is 14.2 Å². The van der Waals surface area contributed by atoms with E-state index < -0.39 is 0 Å². The van der Waals surface area contributed by atoms with E-state index >= 15 is 0 Å². The predicted octanol–water partition coefficient (Wildman–Crippen LogP) is 4.08. The Hall–Kier alpha value is -1.52. The molecule has 0 saturated carbocycles. The largest absolute Gasteiger partial charge is 0.493 e. The average molecular weight is 350 g/mol. The third-order valence-electron chi connectivity index (χ3n) is 3.51. The van der Waals surface area contributed by atoms with Gasteiger partial charge in [-0.25, -0.2) is 0 Å². The van der Waals surface area contributed by atoms with Crippen LogP contribution in [0.4, 0.5) is 0 Å². The van der Waals surface area contributed by atoms with Gasteiger partial charge in [0.2, 0.25) is 0 Å². The normalized spacial score (nSPS) is 12.0. The monoisotopic (exact) mass is 349 g/mol. The molecule has 0 spiro atoms. The van der Waals surface area contributed by atoms with E-state index in [0.29, 0.717) is 5.75 Å². The molecule has 112 valence electrons. The number of nitrogens with one attached hydrogen (secondary N) is 1. The molecule has 0 fully saturated rings. The fourth-order valence-electron chi connectivity index (χ4n) is 2.35. The lowest BCUT2D eigenvalue weighted by atomic mass is 9.97. The first-order valence-corrected chi connectivity index (χ1v) is 7.55. The number of benzene rings is 2. The molecule has 0 heterocycles. The van der Waals surface area contributed by atoms with Crippen molar-refractivity contribution in [1.29, 1.82) is 0 Å². The second kappa shape index (κ2) is 6.96. The van der Waals surface area contributed by atoms with Crippen LogP contribution in [-0.2, 0) is 0 Å². The molecule has 0 bridgehead atoms. The lowest BCUT2D eigenvalue weighted by molar-refractivity contribution is 0.354. The van der Waals surface area contributed by atoms with Gasteiger partial charge in [0.25, 0.3) is 0 Å². The zero-order valence-electron chi connectivity index (χ0n) is 12.7. The summed E-state index contributed by atoms with van der Waals surface area (Å²) in [5, 5.41) is 3.36. The zero-order chi connectivity index (χ0) is 15.4. The van der Waals surface area contributed by atoms with Crippen molar-refractivity contribution < 1.29 is 9.47 Å². The molecule has 1 N–H and O–H groups in total. The lowest BCUT2D eigenvalue weighted by Crippen LogP contribution is -2.18. The number of halogens is 1. The van der Waals surface area contributed by atoms with Crippen molar-refractivity contribution in [2.75, 3.05) is 21.3 Å². The molecule has 4 heteroatoms. The summed E-state index contributed by atoms with van der Waals surface area (Å²) in [7, 11) is 5.24. The summed E-state index contributed by atoms with van der Waals surface area (Å²) in [4.78, 5) is 0. The van der Waals surface area contributed by atoms with Crippen molar-refractivity contribution in [3.63, 3.8) is 0 Å². The SMILES string of the molecule is CNC(c1ccc(C)cc1)c1cc(OC)c(OC)cc1Br. The molecule has 2 aromatic rings. The minimum atomic E-state index is 0.0831. The molecule has 3 nitrogen and oxygen atoms in total. The number of hydrogen-bond donors (Lipinski definition) is 1. The zero-order valence-corrected chi connectivity index (χ0v) is 14.3. The number of ether oxygens (including phenoxy) is 2. The van der Waals surface area contributed by atoms with E-state index in [2.05, 4.69) is 52.4 Å². The Labute approximate surface area is 134 Å². The van der Waals surface area contributed by atoms with Crippen LogP contribution in [0.3, 0.4) is 0 Å². The van der Waals surface area contributed by atoms with Crippen molar-refractivity contribution in [1.82, 2.24) is 5.32 Å². The Morgan fingerprint density at radius 2 is 1.57 bits per heavy atom. The van der Waals surface area contributed by atoms with Gasteiger partial charge in [-0.2, -0.15) is 0 Å². The van der Waals surface area contributed by atoms with Gasteiger partial charge < -0.3 is 14.8 Å². The van der Waals surface area contributed by atoms with E-state index in [1.807, 2.05) is 19.2 Å². The molecule has 2 aromatic carbocycles. The third kappa shape index (κ3) is 3.39. The maximum Gasteiger partial charge on any atom is 0.161 e. The topological polar surface area (TPSA) is 30.5 Å². The van der Waals surface area contributed by atoms with Crippen LogP contribution in [0, 0.1) is 6.92 Å². The second-order valence-electron chi connectivity index (χ2n) is 4.86. The molecule has 0 aliphatic carbocycles. The maximum absolute atomic E-state index is 5.41. The fourth-order valence-corrected chi connectivity index (χ4v) is 2.90. The van der Waals surface area contributed by atoms with Gasteiger partial charge in [0.1, 0.15) is 0 Å². The first kappa shape index (κ1) is 15.9. The van der Waals surface area contributed by atoms with E-state index in [-0.39, 0.29) is 6.04 Å². The highest BCUT2D eigenvalue weighted by molar-refractivity contribution is 9.10. The average Bonchev–Trinajstić information content (AvgIpc) is 2.50. The van der Waals surface area contributed by atoms with Crippen molar-refractivity contribution in [3.05, 3.63) is 57.6 Å². The van der Waals surface area contributed by atoms with Gasteiger partial charge in [-0.3, -0.25) is 0 Å². The Morgan fingerprint density at radius 3 is 2.10 bits per heavy atom. The van der Waals surface area contributed by atoms with E-state index in [1.165, 1.54) is 11.1 Å². The van der Waals surface area contributed by atoms with E-state index in [9.17, 15) is 0 Å². The predicted molar refractivity (Wildman–Crippen MR) is 89.3 cm³/mol. The number of rotatable bonds is 5. The third-order valence-corrected chi connectivity index (χ3v) is 4.20. The van der Waals surface area contributed by atoms with Gasteiger partial charge in [-0.15, -0.1) is 0 Å². The minimum Gasteiger partial charge on any atom is -0.493 e. The van der Waals surface area contributed by atoms with Gasteiger partial charge in [0.15, 0.2) is 11.5 Å². The van der Waals surface area contributed by atoms with Crippen molar-refractivity contribution in [2.24, 2.45) is 0 Å². The highest BCUT2D eigenvalue weighted by Crippen LogP contribution is 2.37. The Kier molecular flexibility index (Phi) is 5.26. The quantitative estimate of drug-likeness (QED) is 0.881. The molecule has 0 amide bonds. The lowest BCUT2D eigenvalue weighted by Gasteiger charge is -2.21. The first-order valence-electron chi connectivity index (χ1n) is 6.76. The maximum atomic E-state index is 5.41. The molecule has 1 atom stereocenters. The molecule has 21 heavy (non-hydrogen) atoms. The fraction of sp³-hybridized carbons (Fsp3) is 0.294. The molecular formula is C17H20BrNO2. The summed E-state index contributed by atoms with van der Waals surface area (Å²) in [6, 6.07) is 12.5. The Bertz CT molecular complexity index is 611. The van der Waals surface area contributed by atoms with Gasteiger partial charge in [0, 0.05) is 4.47 Å². The summed E-state index contributed by atoms with van der Waals surface area (Å²) >= 11 is 3.63. The summed E-state index contributed by atoms with van der Waals surface area (Å²) in [6.45, 7) is 2.09.